The fourth-order valence-electron chi connectivity index (χ4n) is 5.54. The first-order valence-corrected chi connectivity index (χ1v) is 13.3. The van der Waals surface area contributed by atoms with Crippen LogP contribution in [-0.4, -0.2) is 51.7 Å². The number of carbonyl (C=O) groups excluding carboxylic acids is 2. The summed E-state index contributed by atoms with van der Waals surface area (Å²) in [6.07, 6.45) is 7.43. The first-order chi connectivity index (χ1) is 18.4. The lowest BCUT2D eigenvalue weighted by Crippen LogP contribution is -2.38. The van der Waals surface area contributed by atoms with E-state index in [0.717, 1.165) is 42.4 Å². The standard InChI is InChI=1S/C28H33N3O3.CH2O3/c32-25-19-34-28(23-10-2-1-3-11-23)30-31(25)18-20-14-16-22(17-15-20)26(21-8-4-5-9-21)27(33)29-24-12-6-7-13-24;2-1(3)4/h1-3,10-11,14-17,21,24,26H,4-9,12-13,18-19H2,(H,29,33);(H2,2,3,4). The van der Waals surface area contributed by atoms with Crippen molar-refractivity contribution in [3.05, 3.63) is 71.3 Å². The molecule has 0 radical (unpaired) electrons. The molecule has 5 rings (SSSR count). The topological polar surface area (TPSA) is 129 Å². The number of ether oxygens (including phenoxy) is 1. The molecule has 2 aromatic rings. The van der Waals surface area contributed by atoms with E-state index in [-0.39, 0.29) is 24.3 Å². The Kier molecular flexibility index (Phi) is 9.35. The molecule has 3 aliphatic rings. The summed E-state index contributed by atoms with van der Waals surface area (Å²) in [4.78, 5) is 34.3. The lowest BCUT2D eigenvalue weighted by molar-refractivity contribution is -0.136. The smallest absolute Gasteiger partial charge is 0.466 e. The number of hydrogen-bond acceptors (Lipinski definition) is 5. The SMILES string of the molecule is O=C(NC1CCCC1)C(c1ccc(CN2N=C(c3ccccc3)OCC2=O)cc1)C1CCCC1.O=C(O)O. The minimum atomic E-state index is -1.83. The molecule has 2 fully saturated rings. The molecule has 38 heavy (non-hydrogen) atoms. The van der Waals surface area contributed by atoms with Crippen LogP contribution in [0.4, 0.5) is 4.79 Å². The maximum Gasteiger partial charge on any atom is 0.503 e. The van der Waals surface area contributed by atoms with E-state index in [1.807, 2.05) is 42.5 Å². The van der Waals surface area contributed by atoms with E-state index < -0.39 is 6.16 Å². The summed E-state index contributed by atoms with van der Waals surface area (Å²) in [5, 5.41) is 23.2. The molecule has 0 aromatic heterocycles. The summed E-state index contributed by atoms with van der Waals surface area (Å²) in [6, 6.07) is 18.1. The molecule has 2 saturated carbocycles. The number of amides is 2. The fourth-order valence-corrected chi connectivity index (χ4v) is 5.54. The summed E-state index contributed by atoms with van der Waals surface area (Å²) in [6.45, 7) is 0.359. The molecule has 2 aromatic carbocycles. The first-order valence-electron chi connectivity index (χ1n) is 13.3. The highest BCUT2D eigenvalue weighted by atomic mass is 16.6. The molecule has 0 bridgehead atoms. The Hall–Kier alpha value is -3.88. The molecule has 0 saturated heterocycles. The van der Waals surface area contributed by atoms with Crippen molar-refractivity contribution in [2.45, 2.75) is 69.9 Å². The molecule has 2 amide bonds. The van der Waals surface area contributed by atoms with Crippen LogP contribution in [0, 0.1) is 5.92 Å². The van der Waals surface area contributed by atoms with Gasteiger partial charge in [0.25, 0.3) is 5.91 Å². The van der Waals surface area contributed by atoms with Gasteiger partial charge in [-0.2, -0.15) is 0 Å². The molecule has 2 aliphatic carbocycles. The molecule has 1 heterocycles. The summed E-state index contributed by atoms with van der Waals surface area (Å²) in [5.74, 6) is 0.799. The molecule has 9 nitrogen and oxygen atoms in total. The normalized spacial score (nSPS) is 18.7. The first kappa shape index (κ1) is 27.2. The number of hydrazone groups is 1. The Labute approximate surface area is 222 Å². The Morgan fingerprint density at radius 3 is 2.18 bits per heavy atom. The van der Waals surface area contributed by atoms with Crippen LogP contribution in [0.1, 0.15) is 74.0 Å². The predicted molar refractivity (Wildman–Crippen MR) is 142 cm³/mol. The van der Waals surface area contributed by atoms with Crippen molar-refractivity contribution in [3.8, 4) is 0 Å². The van der Waals surface area contributed by atoms with Gasteiger partial charge >= 0.3 is 6.16 Å². The third-order valence-electron chi connectivity index (χ3n) is 7.38. The van der Waals surface area contributed by atoms with Crippen LogP contribution < -0.4 is 5.32 Å². The van der Waals surface area contributed by atoms with Crippen molar-refractivity contribution in [1.29, 1.82) is 0 Å². The summed E-state index contributed by atoms with van der Waals surface area (Å²) in [7, 11) is 0. The number of carbonyl (C=O) groups is 3. The van der Waals surface area contributed by atoms with Crippen LogP contribution in [0.3, 0.4) is 0 Å². The monoisotopic (exact) mass is 521 g/mol. The van der Waals surface area contributed by atoms with E-state index in [9.17, 15) is 9.59 Å². The Bertz CT molecular complexity index is 1120. The van der Waals surface area contributed by atoms with E-state index in [1.165, 1.54) is 30.7 Å². The van der Waals surface area contributed by atoms with Crippen molar-refractivity contribution < 1.29 is 29.3 Å². The molecular formula is C29H35N3O6. The van der Waals surface area contributed by atoms with E-state index in [4.69, 9.17) is 19.7 Å². The average molecular weight is 522 g/mol. The number of benzene rings is 2. The molecule has 3 N–H and O–H groups in total. The maximum atomic E-state index is 13.3. The molecule has 1 unspecified atom stereocenters. The van der Waals surface area contributed by atoms with Crippen LogP contribution in [0.25, 0.3) is 0 Å². The van der Waals surface area contributed by atoms with Crippen molar-refractivity contribution >= 4 is 23.9 Å². The van der Waals surface area contributed by atoms with Gasteiger partial charge in [-0.1, -0.05) is 68.1 Å². The van der Waals surface area contributed by atoms with E-state index in [2.05, 4.69) is 22.6 Å². The number of nitrogens with one attached hydrogen (secondary N) is 1. The second kappa shape index (κ2) is 13.1. The third kappa shape index (κ3) is 7.34. The van der Waals surface area contributed by atoms with Gasteiger partial charge in [-0.3, -0.25) is 9.59 Å². The third-order valence-corrected chi connectivity index (χ3v) is 7.38. The zero-order valence-corrected chi connectivity index (χ0v) is 21.4. The lowest BCUT2D eigenvalue weighted by atomic mass is 9.83. The van der Waals surface area contributed by atoms with Gasteiger partial charge in [0.05, 0.1) is 12.5 Å². The molecular weight excluding hydrogens is 486 g/mol. The molecule has 0 spiro atoms. The van der Waals surface area contributed by atoms with Gasteiger partial charge < -0.3 is 20.3 Å². The van der Waals surface area contributed by atoms with Gasteiger partial charge in [0.15, 0.2) is 6.61 Å². The average Bonchev–Trinajstić information content (AvgIpc) is 3.62. The van der Waals surface area contributed by atoms with Gasteiger partial charge in [0.1, 0.15) is 0 Å². The highest BCUT2D eigenvalue weighted by Crippen LogP contribution is 2.38. The quantitative estimate of drug-likeness (QED) is 0.472. The minimum Gasteiger partial charge on any atom is -0.466 e. The van der Waals surface area contributed by atoms with Gasteiger partial charge in [-0.15, -0.1) is 5.10 Å². The maximum absolute atomic E-state index is 13.3. The van der Waals surface area contributed by atoms with E-state index in [1.54, 1.807) is 0 Å². The van der Waals surface area contributed by atoms with Crippen molar-refractivity contribution in [3.63, 3.8) is 0 Å². The van der Waals surface area contributed by atoms with Crippen LogP contribution in [0.15, 0.2) is 59.7 Å². The molecule has 202 valence electrons. The number of carboxylic acid groups (broad SMARTS) is 2. The highest BCUT2D eigenvalue weighted by Gasteiger charge is 2.33. The highest BCUT2D eigenvalue weighted by molar-refractivity contribution is 5.97. The van der Waals surface area contributed by atoms with Gasteiger partial charge in [-0.05, 0) is 54.9 Å². The van der Waals surface area contributed by atoms with Crippen molar-refractivity contribution in [2.24, 2.45) is 11.0 Å². The zero-order chi connectivity index (χ0) is 26.9. The fraction of sp³-hybridized carbons (Fsp3) is 0.448. The van der Waals surface area contributed by atoms with Gasteiger partial charge in [0, 0.05) is 11.6 Å². The summed E-state index contributed by atoms with van der Waals surface area (Å²) < 4.78 is 5.55. The lowest BCUT2D eigenvalue weighted by Gasteiger charge is -2.26. The molecule has 1 aliphatic heterocycles. The van der Waals surface area contributed by atoms with E-state index >= 15 is 0 Å². The Balaban J connectivity index is 0.000000786. The van der Waals surface area contributed by atoms with Crippen molar-refractivity contribution in [1.82, 2.24) is 10.3 Å². The second-order valence-corrected chi connectivity index (χ2v) is 10.0. The van der Waals surface area contributed by atoms with Crippen LogP contribution in [0.2, 0.25) is 0 Å². The largest absolute Gasteiger partial charge is 0.503 e. The molecule has 9 heteroatoms. The van der Waals surface area contributed by atoms with Crippen LogP contribution >= 0.6 is 0 Å². The zero-order valence-electron chi connectivity index (χ0n) is 21.4. The van der Waals surface area contributed by atoms with Crippen LogP contribution in [0.5, 0.6) is 0 Å². The minimum absolute atomic E-state index is 0.0170. The molecule has 1 atom stereocenters. The summed E-state index contributed by atoms with van der Waals surface area (Å²) >= 11 is 0. The van der Waals surface area contributed by atoms with E-state index in [0.29, 0.717) is 24.4 Å². The van der Waals surface area contributed by atoms with Gasteiger partial charge in [0.2, 0.25) is 11.8 Å². The van der Waals surface area contributed by atoms with Crippen molar-refractivity contribution in [2.75, 3.05) is 6.61 Å². The number of rotatable bonds is 7. The van der Waals surface area contributed by atoms with Gasteiger partial charge in [-0.25, -0.2) is 9.80 Å². The Morgan fingerprint density at radius 2 is 1.55 bits per heavy atom. The number of nitrogens with zero attached hydrogens (tertiary/aromatic N) is 2. The number of hydrogen-bond donors (Lipinski definition) is 3. The Morgan fingerprint density at radius 1 is 0.947 bits per heavy atom. The predicted octanol–water partition coefficient (Wildman–Crippen LogP) is 4.96. The van der Waals surface area contributed by atoms with Crippen LogP contribution in [-0.2, 0) is 20.9 Å². The summed E-state index contributed by atoms with van der Waals surface area (Å²) in [5.41, 5.74) is 2.91. The second-order valence-electron chi connectivity index (χ2n) is 10.0.